The van der Waals surface area contributed by atoms with Crippen LogP contribution in [0.25, 0.3) is 17.0 Å². The highest BCUT2D eigenvalue weighted by molar-refractivity contribution is 7.92. The van der Waals surface area contributed by atoms with Gasteiger partial charge in [0.05, 0.1) is 11.3 Å². The van der Waals surface area contributed by atoms with Crippen LogP contribution >= 0.6 is 0 Å². The van der Waals surface area contributed by atoms with Gasteiger partial charge in [0.15, 0.2) is 0 Å². The Bertz CT molecular complexity index is 1340. The highest BCUT2D eigenvalue weighted by atomic mass is 32.2. The fraction of sp³-hybridized carbons (Fsp3) is 0.0500. The first-order valence-corrected chi connectivity index (χ1v) is 9.90. The van der Waals surface area contributed by atoms with Crippen LogP contribution in [0, 0.1) is 18.3 Å². The molecule has 0 fully saturated rings. The third-order valence-electron chi connectivity index (χ3n) is 4.33. The van der Waals surface area contributed by atoms with E-state index in [1.54, 1.807) is 36.5 Å². The topological polar surface area (TPSA) is 100 Å². The number of aromatic nitrogens is 3. The Morgan fingerprint density at radius 1 is 1.11 bits per heavy atom. The van der Waals surface area contributed by atoms with Crippen molar-refractivity contribution in [3.05, 3.63) is 78.2 Å². The van der Waals surface area contributed by atoms with Crippen LogP contribution in [0.3, 0.4) is 0 Å². The molecule has 138 valence electrons. The molecule has 8 heteroatoms. The van der Waals surface area contributed by atoms with Crippen molar-refractivity contribution in [2.24, 2.45) is 0 Å². The van der Waals surface area contributed by atoms with Crippen molar-refractivity contribution in [1.82, 2.24) is 14.4 Å². The lowest BCUT2D eigenvalue weighted by Crippen LogP contribution is -2.14. The summed E-state index contributed by atoms with van der Waals surface area (Å²) in [5.41, 5.74) is 2.86. The fourth-order valence-electron chi connectivity index (χ4n) is 3.01. The number of anilines is 1. The standard InChI is InChI=1S/C20H15N5O2S/c1-14-19(23-20-22-10-5-11-25(14)20)15-7-4-8-17(12-15)24-28(26,27)18-9-3-2-6-16(18)13-21/h2-12,24H,1H3. The van der Waals surface area contributed by atoms with Gasteiger partial charge in [0.1, 0.15) is 11.0 Å². The minimum Gasteiger partial charge on any atom is -0.288 e. The van der Waals surface area contributed by atoms with Crippen molar-refractivity contribution in [2.45, 2.75) is 11.8 Å². The molecule has 1 N–H and O–H groups in total. The highest BCUT2D eigenvalue weighted by Gasteiger charge is 2.19. The molecular weight excluding hydrogens is 374 g/mol. The van der Waals surface area contributed by atoms with Crippen molar-refractivity contribution in [2.75, 3.05) is 4.72 Å². The van der Waals surface area contributed by atoms with Crippen LogP contribution in [-0.4, -0.2) is 22.8 Å². The van der Waals surface area contributed by atoms with Gasteiger partial charge in [-0.05, 0) is 37.3 Å². The summed E-state index contributed by atoms with van der Waals surface area (Å²) >= 11 is 0. The molecule has 0 aliphatic rings. The molecule has 2 heterocycles. The van der Waals surface area contributed by atoms with E-state index in [2.05, 4.69) is 14.7 Å². The van der Waals surface area contributed by atoms with Crippen LogP contribution in [0.1, 0.15) is 11.3 Å². The fourth-order valence-corrected chi connectivity index (χ4v) is 4.22. The van der Waals surface area contributed by atoms with E-state index in [-0.39, 0.29) is 10.5 Å². The van der Waals surface area contributed by atoms with E-state index in [1.807, 2.05) is 35.7 Å². The molecule has 0 aliphatic heterocycles. The zero-order valence-electron chi connectivity index (χ0n) is 14.9. The molecular formula is C20H15N5O2S. The molecule has 0 saturated heterocycles. The van der Waals surface area contributed by atoms with Crippen LogP contribution in [0.4, 0.5) is 5.69 Å². The number of sulfonamides is 1. The summed E-state index contributed by atoms with van der Waals surface area (Å²) < 4.78 is 29.9. The SMILES string of the molecule is Cc1c(-c2cccc(NS(=O)(=O)c3ccccc3C#N)c2)nc2ncccn12. The van der Waals surface area contributed by atoms with E-state index in [1.165, 1.54) is 12.1 Å². The van der Waals surface area contributed by atoms with Crippen LogP contribution < -0.4 is 4.72 Å². The van der Waals surface area contributed by atoms with Crippen LogP contribution in [0.2, 0.25) is 0 Å². The van der Waals surface area contributed by atoms with Crippen molar-refractivity contribution in [3.63, 3.8) is 0 Å². The number of hydrogen-bond acceptors (Lipinski definition) is 5. The molecule has 0 aliphatic carbocycles. The molecule has 4 aromatic rings. The number of nitrogens with zero attached hydrogens (tertiary/aromatic N) is 4. The van der Waals surface area contributed by atoms with Crippen LogP contribution in [0.5, 0.6) is 0 Å². The minimum absolute atomic E-state index is 0.0592. The van der Waals surface area contributed by atoms with Gasteiger partial charge in [0.25, 0.3) is 10.0 Å². The minimum atomic E-state index is -3.90. The monoisotopic (exact) mass is 389 g/mol. The van der Waals surface area contributed by atoms with Gasteiger partial charge in [0.2, 0.25) is 5.78 Å². The third kappa shape index (κ3) is 3.08. The number of rotatable bonds is 4. The van der Waals surface area contributed by atoms with Crippen molar-refractivity contribution < 1.29 is 8.42 Å². The van der Waals surface area contributed by atoms with E-state index in [0.717, 1.165) is 17.0 Å². The zero-order valence-corrected chi connectivity index (χ0v) is 15.7. The van der Waals surface area contributed by atoms with E-state index in [0.29, 0.717) is 11.5 Å². The molecule has 0 radical (unpaired) electrons. The second-order valence-corrected chi connectivity index (χ2v) is 7.78. The maximum atomic E-state index is 12.7. The smallest absolute Gasteiger partial charge is 0.263 e. The summed E-state index contributed by atoms with van der Waals surface area (Å²) in [6.45, 7) is 1.93. The normalized spacial score (nSPS) is 11.3. The molecule has 0 saturated carbocycles. The predicted octanol–water partition coefficient (Wildman–Crippen LogP) is 3.38. The molecule has 0 amide bonds. The maximum absolute atomic E-state index is 12.7. The lowest BCUT2D eigenvalue weighted by Gasteiger charge is -2.10. The maximum Gasteiger partial charge on any atom is 0.263 e. The van der Waals surface area contributed by atoms with E-state index in [9.17, 15) is 13.7 Å². The Hall–Kier alpha value is -3.70. The van der Waals surface area contributed by atoms with Gasteiger partial charge in [-0.25, -0.2) is 18.4 Å². The van der Waals surface area contributed by atoms with Crippen molar-refractivity contribution in [1.29, 1.82) is 5.26 Å². The third-order valence-corrected chi connectivity index (χ3v) is 5.77. The molecule has 0 unspecified atom stereocenters. The Labute approximate surface area is 162 Å². The Kier molecular flexibility index (Phi) is 4.29. The molecule has 2 aromatic carbocycles. The number of fused-ring (bicyclic) bond motifs is 1. The van der Waals surface area contributed by atoms with Gasteiger partial charge in [0, 0.05) is 29.3 Å². The molecule has 2 aromatic heterocycles. The molecule has 28 heavy (non-hydrogen) atoms. The molecule has 0 spiro atoms. The second-order valence-electron chi connectivity index (χ2n) is 6.13. The average Bonchev–Trinajstić information content (AvgIpc) is 3.05. The summed E-state index contributed by atoms with van der Waals surface area (Å²) in [5, 5.41) is 9.18. The molecule has 0 bridgehead atoms. The number of aryl methyl sites for hydroxylation is 1. The first-order valence-electron chi connectivity index (χ1n) is 8.42. The summed E-state index contributed by atoms with van der Waals surface area (Å²) in [6.07, 6.45) is 3.54. The van der Waals surface area contributed by atoms with Gasteiger partial charge in [-0.3, -0.25) is 9.12 Å². The molecule has 0 atom stereocenters. The van der Waals surface area contributed by atoms with E-state index in [4.69, 9.17) is 0 Å². The lowest BCUT2D eigenvalue weighted by atomic mass is 10.1. The molecule has 7 nitrogen and oxygen atoms in total. The first-order chi connectivity index (χ1) is 13.5. The summed E-state index contributed by atoms with van der Waals surface area (Å²) in [4.78, 5) is 8.72. The first kappa shape index (κ1) is 17.7. The Balaban J connectivity index is 1.73. The summed E-state index contributed by atoms with van der Waals surface area (Å²) in [5.74, 6) is 0.573. The second kappa shape index (κ2) is 6.79. The van der Waals surface area contributed by atoms with Crippen LogP contribution in [-0.2, 0) is 10.0 Å². The summed E-state index contributed by atoms with van der Waals surface area (Å²) in [6, 6.07) is 16.8. The number of nitriles is 1. The van der Waals surface area contributed by atoms with Crippen LogP contribution in [0.15, 0.2) is 71.9 Å². The largest absolute Gasteiger partial charge is 0.288 e. The quantitative estimate of drug-likeness (QED) is 0.577. The number of benzene rings is 2. The number of hydrogen-bond donors (Lipinski definition) is 1. The Morgan fingerprint density at radius 3 is 2.71 bits per heavy atom. The van der Waals surface area contributed by atoms with E-state index >= 15 is 0 Å². The zero-order chi connectivity index (χ0) is 19.7. The van der Waals surface area contributed by atoms with Gasteiger partial charge >= 0.3 is 0 Å². The van der Waals surface area contributed by atoms with Crippen molar-refractivity contribution >= 4 is 21.5 Å². The number of nitrogens with one attached hydrogen (secondary N) is 1. The predicted molar refractivity (Wildman–Crippen MR) is 105 cm³/mol. The van der Waals surface area contributed by atoms with Gasteiger partial charge in [-0.15, -0.1) is 0 Å². The van der Waals surface area contributed by atoms with Crippen molar-refractivity contribution in [3.8, 4) is 17.3 Å². The lowest BCUT2D eigenvalue weighted by molar-refractivity contribution is 0.601. The Morgan fingerprint density at radius 2 is 1.93 bits per heavy atom. The van der Waals surface area contributed by atoms with Gasteiger partial charge in [-0.2, -0.15) is 5.26 Å². The summed E-state index contributed by atoms with van der Waals surface area (Å²) in [7, 11) is -3.90. The highest BCUT2D eigenvalue weighted by Crippen LogP contribution is 2.27. The van der Waals surface area contributed by atoms with Gasteiger partial charge in [-0.1, -0.05) is 24.3 Å². The average molecular weight is 389 g/mol. The molecule has 4 rings (SSSR count). The number of imidazole rings is 1. The van der Waals surface area contributed by atoms with Gasteiger partial charge < -0.3 is 0 Å². The van der Waals surface area contributed by atoms with E-state index < -0.39 is 10.0 Å².